The van der Waals surface area contributed by atoms with Gasteiger partial charge in [-0.05, 0) is 54.2 Å². The molecule has 0 spiro atoms. The van der Waals surface area contributed by atoms with Crippen molar-refractivity contribution in [2.45, 2.75) is 25.9 Å². The number of hydrogen-bond donors (Lipinski definition) is 2. The zero-order valence-electron chi connectivity index (χ0n) is 17.3. The number of hydrogen-bond acceptors (Lipinski definition) is 5. The molecule has 0 bridgehead atoms. The molecular formula is C24H25ClN4O2. The summed E-state index contributed by atoms with van der Waals surface area (Å²) in [6.45, 7) is 3.03. The Bertz CT molecular complexity index is 1050. The Morgan fingerprint density at radius 1 is 1.10 bits per heavy atom. The van der Waals surface area contributed by atoms with Crippen molar-refractivity contribution in [2.24, 2.45) is 5.92 Å². The molecule has 1 amide bonds. The van der Waals surface area contributed by atoms with E-state index in [2.05, 4.69) is 20.2 Å². The van der Waals surface area contributed by atoms with Crippen LogP contribution in [0, 0.1) is 5.92 Å². The maximum atomic E-state index is 11.8. The number of halogens is 1. The Labute approximate surface area is 186 Å². The molecule has 0 saturated carbocycles. The summed E-state index contributed by atoms with van der Waals surface area (Å²) >= 11 is 6.14. The van der Waals surface area contributed by atoms with Crippen LogP contribution in [-0.2, 0) is 4.79 Å². The molecule has 0 aliphatic carbocycles. The largest absolute Gasteiger partial charge is 0.388 e. The van der Waals surface area contributed by atoms with E-state index in [0.717, 1.165) is 48.6 Å². The van der Waals surface area contributed by atoms with Gasteiger partial charge in [0.05, 0.1) is 6.10 Å². The van der Waals surface area contributed by atoms with Crippen LogP contribution in [0.15, 0.2) is 60.9 Å². The molecule has 0 unspecified atom stereocenters. The van der Waals surface area contributed by atoms with Crippen molar-refractivity contribution in [2.75, 3.05) is 23.3 Å². The first-order chi connectivity index (χ1) is 15.0. The Balaban J connectivity index is 1.54. The average molecular weight is 437 g/mol. The molecule has 7 heteroatoms. The Morgan fingerprint density at radius 2 is 1.81 bits per heavy atom. The molecule has 1 aliphatic heterocycles. The van der Waals surface area contributed by atoms with Gasteiger partial charge in [0.1, 0.15) is 0 Å². The third-order valence-electron chi connectivity index (χ3n) is 5.66. The maximum Gasteiger partial charge on any atom is 0.225 e. The number of piperidine rings is 1. The average Bonchev–Trinajstić information content (AvgIpc) is 2.79. The minimum Gasteiger partial charge on any atom is -0.388 e. The second-order valence-corrected chi connectivity index (χ2v) is 8.25. The highest BCUT2D eigenvalue weighted by Crippen LogP contribution is 2.37. The quantitative estimate of drug-likeness (QED) is 0.605. The van der Waals surface area contributed by atoms with Gasteiger partial charge in [-0.25, -0.2) is 9.97 Å². The van der Waals surface area contributed by atoms with Gasteiger partial charge in [0.25, 0.3) is 0 Å². The van der Waals surface area contributed by atoms with Gasteiger partial charge in [0.2, 0.25) is 11.9 Å². The van der Waals surface area contributed by atoms with E-state index in [1.165, 1.54) is 6.92 Å². The fourth-order valence-corrected chi connectivity index (χ4v) is 4.27. The third-order valence-corrected chi connectivity index (χ3v) is 5.90. The first-order valence-corrected chi connectivity index (χ1v) is 10.8. The van der Waals surface area contributed by atoms with E-state index >= 15 is 0 Å². The van der Waals surface area contributed by atoms with Gasteiger partial charge in [-0.15, -0.1) is 0 Å². The van der Waals surface area contributed by atoms with Crippen molar-refractivity contribution in [1.29, 1.82) is 0 Å². The van der Waals surface area contributed by atoms with Gasteiger partial charge >= 0.3 is 0 Å². The lowest BCUT2D eigenvalue weighted by Gasteiger charge is -2.34. The van der Waals surface area contributed by atoms with Crippen LogP contribution in [0.3, 0.4) is 0 Å². The highest BCUT2D eigenvalue weighted by Gasteiger charge is 2.29. The lowest BCUT2D eigenvalue weighted by Crippen LogP contribution is -2.36. The summed E-state index contributed by atoms with van der Waals surface area (Å²) < 4.78 is 0. The molecule has 31 heavy (non-hydrogen) atoms. The molecule has 2 heterocycles. The van der Waals surface area contributed by atoms with Crippen LogP contribution in [0.2, 0.25) is 5.02 Å². The van der Waals surface area contributed by atoms with E-state index in [-0.39, 0.29) is 11.8 Å². The normalized spacial score (nSPS) is 15.5. The molecule has 1 aliphatic rings. The number of rotatable bonds is 5. The van der Waals surface area contributed by atoms with E-state index in [1.54, 1.807) is 18.5 Å². The predicted molar refractivity (Wildman–Crippen MR) is 123 cm³/mol. The number of aliphatic hydroxyl groups excluding tert-OH is 1. The van der Waals surface area contributed by atoms with Crippen LogP contribution in [-0.4, -0.2) is 34.1 Å². The summed E-state index contributed by atoms with van der Waals surface area (Å²) in [4.78, 5) is 22.6. The summed E-state index contributed by atoms with van der Waals surface area (Å²) in [5.41, 5.74) is 3.25. The molecule has 0 radical (unpaired) electrons. The number of nitrogens with one attached hydrogen (secondary N) is 1. The van der Waals surface area contributed by atoms with E-state index in [4.69, 9.17) is 11.6 Å². The number of amides is 1. The van der Waals surface area contributed by atoms with Gasteiger partial charge in [-0.2, -0.15) is 0 Å². The number of nitrogens with zero attached hydrogens (tertiary/aromatic N) is 3. The fourth-order valence-electron chi connectivity index (χ4n) is 4.08. The van der Waals surface area contributed by atoms with Gasteiger partial charge in [0, 0.05) is 48.7 Å². The van der Waals surface area contributed by atoms with Crippen LogP contribution in [0.25, 0.3) is 11.1 Å². The zero-order valence-corrected chi connectivity index (χ0v) is 18.1. The first-order valence-electron chi connectivity index (χ1n) is 10.4. The van der Waals surface area contributed by atoms with Crippen molar-refractivity contribution in [3.63, 3.8) is 0 Å². The predicted octanol–water partition coefficient (Wildman–Crippen LogP) is 4.71. The molecule has 2 N–H and O–H groups in total. The van der Waals surface area contributed by atoms with Crippen LogP contribution in [0.4, 0.5) is 11.6 Å². The Morgan fingerprint density at radius 3 is 2.48 bits per heavy atom. The van der Waals surface area contributed by atoms with E-state index < -0.39 is 6.10 Å². The van der Waals surface area contributed by atoms with Gasteiger partial charge in [-0.3, -0.25) is 4.79 Å². The summed E-state index contributed by atoms with van der Waals surface area (Å²) in [6.07, 6.45) is 4.44. The summed E-state index contributed by atoms with van der Waals surface area (Å²) in [6, 6.07) is 15.1. The molecule has 3 aromatic rings. The first kappa shape index (κ1) is 21.3. The van der Waals surface area contributed by atoms with Crippen molar-refractivity contribution in [3.05, 3.63) is 71.5 Å². The molecule has 160 valence electrons. The Hall–Kier alpha value is -2.96. The van der Waals surface area contributed by atoms with Gasteiger partial charge < -0.3 is 15.3 Å². The minimum absolute atomic E-state index is 0.0875. The van der Waals surface area contributed by atoms with Crippen molar-refractivity contribution in [1.82, 2.24) is 9.97 Å². The summed E-state index contributed by atoms with van der Waals surface area (Å²) in [5.74, 6) is 0.637. The van der Waals surface area contributed by atoms with Crippen LogP contribution in [0.5, 0.6) is 0 Å². The molecule has 6 nitrogen and oxygen atoms in total. The minimum atomic E-state index is -0.672. The number of anilines is 2. The summed E-state index contributed by atoms with van der Waals surface area (Å²) in [7, 11) is 0. The molecular weight excluding hydrogens is 412 g/mol. The van der Waals surface area contributed by atoms with Crippen LogP contribution >= 0.6 is 11.6 Å². The number of carbonyl (C=O) groups is 1. The Kier molecular flexibility index (Phi) is 6.49. The van der Waals surface area contributed by atoms with Gasteiger partial charge in [0.15, 0.2) is 0 Å². The van der Waals surface area contributed by atoms with E-state index in [1.807, 2.05) is 42.5 Å². The van der Waals surface area contributed by atoms with E-state index in [0.29, 0.717) is 10.7 Å². The molecule has 1 aromatic heterocycles. The number of benzene rings is 2. The monoisotopic (exact) mass is 436 g/mol. The highest BCUT2D eigenvalue weighted by molar-refractivity contribution is 6.30. The van der Waals surface area contributed by atoms with Crippen molar-refractivity contribution >= 4 is 29.1 Å². The van der Waals surface area contributed by atoms with Crippen LogP contribution < -0.4 is 10.2 Å². The maximum absolute atomic E-state index is 11.8. The fraction of sp³-hybridized carbons (Fsp3) is 0.292. The molecule has 2 aromatic carbocycles. The zero-order chi connectivity index (χ0) is 21.8. The van der Waals surface area contributed by atoms with Gasteiger partial charge in [-0.1, -0.05) is 35.9 Å². The van der Waals surface area contributed by atoms with Crippen molar-refractivity contribution in [3.8, 4) is 11.1 Å². The number of carbonyl (C=O) groups excluding carboxylic acids is 1. The summed E-state index contributed by atoms with van der Waals surface area (Å²) in [5, 5.41) is 14.7. The second-order valence-electron chi connectivity index (χ2n) is 7.81. The SMILES string of the molecule is CC(=O)Nc1cc(-c2cccc(Cl)c2)ccc1[C@@H](O)C1CCN(c2ncccn2)CC1. The van der Waals surface area contributed by atoms with Crippen LogP contribution in [0.1, 0.15) is 31.4 Å². The number of aromatic nitrogens is 2. The molecule has 1 fully saturated rings. The van der Waals surface area contributed by atoms with Crippen molar-refractivity contribution < 1.29 is 9.90 Å². The second kappa shape index (κ2) is 9.45. The molecule has 1 atom stereocenters. The standard InChI is InChI=1S/C24H25ClN4O2/c1-16(30)28-22-15-19(18-4-2-5-20(25)14-18)6-7-21(22)23(31)17-8-12-29(13-9-17)24-26-10-3-11-27-24/h2-7,10-11,14-15,17,23,31H,8-9,12-13H2,1H3,(H,28,30)/t23-/m0/s1. The lowest BCUT2D eigenvalue weighted by atomic mass is 9.86. The number of aliphatic hydroxyl groups is 1. The molecule has 1 saturated heterocycles. The highest BCUT2D eigenvalue weighted by atomic mass is 35.5. The van der Waals surface area contributed by atoms with E-state index in [9.17, 15) is 9.90 Å². The third kappa shape index (κ3) is 5.03. The smallest absolute Gasteiger partial charge is 0.225 e. The molecule has 4 rings (SSSR count). The lowest BCUT2D eigenvalue weighted by molar-refractivity contribution is -0.114. The topological polar surface area (TPSA) is 78.4 Å².